The third-order valence-electron chi connectivity index (χ3n) is 4.65. The monoisotopic (exact) mass is 586 g/mol. The van der Waals surface area contributed by atoms with E-state index < -0.39 is 5.82 Å². The average Bonchev–Trinajstić information content (AvgIpc) is 2.80. The summed E-state index contributed by atoms with van der Waals surface area (Å²) in [4.78, 5) is 6.92. The highest BCUT2D eigenvalue weighted by atomic mass is 127. The fourth-order valence-electron chi connectivity index (χ4n) is 3.00. The molecular weight excluding hydrogens is 562 g/mol. The SMILES string of the molecule is COc1ccc(CN(Cc2ccc(OC)cc2)C(=Nc2ccc(F)c(Cl)c2)SC)cc1.I. The van der Waals surface area contributed by atoms with Crippen LogP contribution < -0.4 is 9.47 Å². The van der Waals surface area contributed by atoms with Crippen LogP contribution in [0.15, 0.2) is 71.7 Å². The number of hydrogen-bond donors (Lipinski definition) is 0. The van der Waals surface area contributed by atoms with Gasteiger partial charge in [-0.05, 0) is 59.8 Å². The molecule has 8 heteroatoms. The second kappa shape index (κ2) is 12.9. The molecular formula is C24H25ClFIN2O2S. The minimum absolute atomic E-state index is 0. The van der Waals surface area contributed by atoms with Crippen LogP contribution in [0.2, 0.25) is 5.02 Å². The number of benzene rings is 3. The number of halogens is 3. The lowest BCUT2D eigenvalue weighted by Crippen LogP contribution is -2.27. The van der Waals surface area contributed by atoms with Crippen LogP contribution in [0.4, 0.5) is 10.1 Å². The molecule has 0 spiro atoms. The molecule has 0 N–H and O–H groups in total. The zero-order valence-electron chi connectivity index (χ0n) is 18.0. The topological polar surface area (TPSA) is 34.1 Å². The van der Waals surface area contributed by atoms with E-state index in [1.54, 1.807) is 20.3 Å². The Morgan fingerprint density at radius 1 is 0.906 bits per heavy atom. The van der Waals surface area contributed by atoms with Gasteiger partial charge in [0, 0.05) is 13.1 Å². The summed E-state index contributed by atoms with van der Waals surface area (Å²) in [7, 11) is 3.30. The molecule has 0 aliphatic heterocycles. The molecule has 0 unspecified atom stereocenters. The van der Waals surface area contributed by atoms with Crippen LogP contribution >= 0.6 is 47.3 Å². The Hall–Kier alpha value is -1.97. The van der Waals surface area contributed by atoms with E-state index in [1.165, 1.54) is 23.9 Å². The molecule has 3 aromatic rings. The number of hydrogen-bond acceptors (Lipinski definition) is 4. The van der Waals surface area contributed by atoms with Crippen molar-refractivity contribution < 1.29 is 13.9 Å². The van der Waals surface area contributed by atoms with E-state index in [1.807, 2.05) is 54.8 Å². The third-order valence-corrected chi connectivity index (χ3v) is 5.65. The van der Waals surface area contributed by atoms with Crippen LogP contribution in [-0.4, -0.2) is 30.5 Å². The first-order chi connectivity index (χ1) is 15.0. The van der Waals surface area contributed by atoms with Gasteiger partial charge in [-0.2, -0.15) is 0 Å². The number of methoxy groups -OCH3 is 2. The molecule has 0 amide bonds. The standard InChI is InChI=1S/C24H24ClFN2O2S.HI/c1-29-20-9-4-17(5-10-20)15-28(16-18-6-11-21(30-2)12-7-18)24(31-3)27-19-8-13-23(26)22(25)14-19;/h4-14H,15-16H2,1-3H3;1H. The quantitative estimate of drug-likeness (QED) is 0.167. The number of thioether (sulfide) groups is 1. The summed E-state index contributed by atoms with van der Waals surface area (Å²) in [6.07, 6.45) is 1.97. The summed E-state index contributed by atoms with van der Waals surface area (Å²) in [6, 6.07) is 20.4. The second-order valence-corrected chi connectivity index (χ2v) is 7.93. The van der Waals surface area contributed by atoms with Crippen molar-refractivity contribution in [3.8, 4) is 11.5 Å². The van der Waals surface area contributed by atoms with Crippen LogP contribution in [0.25, 0.3) is 0 Å². The van der Waals surface area contributed by atoms with Crippen molar-refractivity contribution in [3.05, 3.63) is 88.7 Å². The number of amidine groups is 1. The molecule has 0 aliphatic rings. The van der Waals surface area contributed by atoms with Crippen molar-refractivity contribution in [2.45, 2.75) is 13.1 Å². The number of ether oxygens (including phenoxy) is 2. The van der Waals surface area contributed by atoms with Gasteiger partial charge < -0.3 is 14.4 Å². The fraction of sp³-hybridized carbons (Fsp3) is 0.208. The highest BCUT2D eigenvalue weighted by Crippen LogP contribution is 2.25. The molecule has 0 aliphatic carbocycles. The zero-order chi connectivity index (χ0) is 22.2. The summed E-state index contributed by atoms with van der Waals surface area (Å²) >= 11 is 7.47. The van der Waals surface area contributed by atoms with E-state index in [4.69, 9.17) is 26.1 Å². The third kappa shape index (κ3) is 7.28. The van der Waals surface area contributed by atoms with Gasteiger partial charge in [-0.25, -0.2) is 9.38 Å². The first-order valence-electron chi connectivity index (χ1n) is 9.61. The van der Waals surface area contributed by atoms with Crippen molar-refractivity contribution in [1.29, 1.82) is 0 Å². The van der Waals surface area contributed by atoms with Gasteiger partial charge in [0.15, 0.2) is 5.17 Å². The normalized spacial score (nSPS) is 11.0. The maximum absolute atomic E-state index is 13.6. The molecule has 0 bridgehead atoms. The Labute approximate surface area is 214 Å². The first kappa shape index (κ1) is 26.3. The van der Waals surface area contributed by atoms with E-state index in [9.17, 15) is 4.39 Å². The Morgan fingerprint density at radius 3 is 1.81 bits per heavy atom. The Bertz CT molecular complexity index is 984. The molecule has 0 atom stereocenters. The lowest BCUT2D eigenvalue weighted by molar-refractivity contribution is 0.405. The van der Waals surface area contributed by atoms with Gasteiger partial charge in [-0.3, -0.25) is 0 Å². The van der Waals surface area contributed by atoms with Gasteiger partial charge in [-0.1, -0.05) is 47.6 Å². The summed E-state index contributed by atoms with van der Waals surface area (Å²) < 4.78 is 24.1. The maximum Gasteiger partial charge on any atom is 0.164 e. The van der Waals surface area contributed by atoms with Gasteiger partial charge in [0.25, 0.3) is 0 Å². The molecule has 4 nitrogen and oxygen atoms in total. The van der Waals surface area contributed by atoms with Crippen LogP contribution in [0.3, 0.4) is 0 Å². The number of aliphatic imine (C=N–C) groups is 1. The van der Waals surface area contributed by atoms with Gasteiger partial charge >= 0.3 is 0 Å². The maximum atomic E-state index is 13.6. The molecule has 170 valence electrons. The number of nitrogens with zero attached hydrogens (tertiary/aromatic N) is 2. The van der Waals surface area contributed by atoms with E-state index in [0.29, 0.717) is 18.8 Å². The summed E-state index contributed by atoms with van der Waals surface area (Å²) in [6.45, 7) is 1.29. The molecule has 0 saturated carbocycles. The Morgan fingerprint density at radius 2 is 1.41 bits per heavy atom. The minimum atomic E-state index is -0.459. The molecule has 0 saturated heterocycles. The lowest BCUT2D eigenvalue weighted by atomic mass is 10.1. The molecule has 32 heavy (non-hydrogen) atoms. The highest BCUT2D eigenvalue weighted by Gasteiger charge is 2.14. The lowest BCUT2D eigenvalue weighted by Gasteiger charge is -2.26. The van der Waals surface area contributed by atoms with E-state index in [0.717, 1.165) is 27.8 Å². The summed E-state index contributed by atoms with van der Waals surface area (Å²) in [5.74, 6) is 1.16. The van der Waals surface area contributed by atoms with Gasteiger partial charge in [0.05, 0.1) is 24.9 Å². The van der Waals surface area contributed by atoms with Crippen molar-refractivity contribution >= 4 is 58.2 Å². The van der Waals surface area contributed by atoms with Crippen molar-refractivity contribution in [3.63, 3.8) is 0 Å². The Kier molecular flexibility index (Phi) is 10.6. The van der Waals surface area contributed by atoms with E-state index in [2.05, 4.69) is 4.90 Å². The largest absolute Gasteiger partial charge is 0.497 e. The van der Waals surface area contributed by atoms with Crippen molar-refractivity contribution in [2.24, 2.45) is 4.99 Å². The van der Waals surface area contributed by atoms with Crippen molar-refractivity contribution in [2.75, 3.05) is 20.5 Å². The van der Waals surface area contributed by atoms with Gasteiger partial charge in [-0.15, -0.1) is 24.0 Å². The summed E-state index contributed by atoms with van der Waals surface area (Å²) in [5, 5.41) is 0.855. The van der Waals surface area contributed by atoms with Crippen LogP contribution in [0.5, 0.6) is 11.5 Å². The Balaban J connectivity index is 0.00000363. The average molecular weight is 587 g/mol. The molecule has 0 aromatic heterocycles. The van der Waals surface area contributed by atoms with Gasteiger partial charge in [0.2, 0.25) is 0 Å². The predicted molar refractivity (Wildman–Crippen MR) is 143 cm³/mol. The van der Waals surface area contributed by atoms with E-state index in [-0.39, 0.29) is 29.0 Å². The smallest absolute Gasteiger partial charge is 0.164 e. The first-order valence-corrected chi connectivity index (χ1v) is 11.2. The highest BCUT2D eigenvalue weighted by molar-refractivity contribution is 14.0. The van der Waals surface area contributed by atoms with Crippen LogP contribution in [-0.2, 0) is 13.1 Å². The predicted octanol–water partition coefficient (Wildman–Crippen LogP) is 7.17. The van der Waals surface area contributed by atoms with Gasteiger partial charge in [0.1, 0.15) is 17.3 Å². The van der Waals surface area contributed by atoms with Crippen LogP contribution in [0, 0.1) is 5.82 Å². The summed E-state index contributed by atoms with van der Waals surface area (Å²) in [5.41, 5.74) is 2.84. The molecule has 0 heterocycles. The fourth-order valence-corrected chi connectivity index (χ4v) is 3.76. The zero-order valence-corrected chi connectivity index (χ0v) is 22.0. The van der Waals surface area contributed by atoms with Crippen molar-refractivity contribution in [1.82, 2.24) is 4.90 Å². The molecule has 0 radical (unpaired) electrons. The number of rotatable bonds is 7. The van der Waals surface area contributed by atoms with Crippen LogP contribution in [0.1, 0.15) is 11.1 Å². The van der Waals surface area contributed by atoms with E-state index >= 15 is 0 Å². The molecule has 3 aromatic carbocycles. The molecule has 3 rings (SSSR count). The molecule has 0 fully saturated rings. The minimum Gasteiger partial charge on any atom is -0.497 e. The second-order valence-electron chi connectivity index (χ2n) is 6.75.